The molecule has 2 atom stereocenters. The average molecular weight is 246 g/mol. The molecular weight excluding hydrogens is 220 g/mol. The van der Waals surface area contributed by atoms with Gasteiger partial charge in [0.2, 0.25) is 0 Å². The van der Waals surface area contributed by atoms with Crippen molar-refractivity contribution in [2.75, 3.05) is 24.5 Å². The molecule has 100 valence electrons. The number of nitrogens with one attached hydrogen (secondary N) is 1. The smallest absolute Gasteiger partial charge is 0.0398 e. The molecule has 2 nitrogen and oxygen atoms in total. The minimum absolute atomic E-state index is 0.691. The van der Waals surface area contributed by atoms with E-state index in [2.05, 4.69) is 56.1 Å². The Balaban J connectivity index is 2.10. The number of aryl methyl sites for hydroxylation is 2. The summed E-state index contributed by atoms with van der Waals surface area (Å²) in [5, 5.41) is 3.61. The van der Waals surface area contributed by atoms with E-state index >= 15 is 0 Å². The lowest BCUT2D eigenvalue weighted by molar-refractivity contribution is 0.326. The minimum atomic E-state index is 0.691. The van der Waals surface area contributed by atoms with Crippen molar-refractivity contribution >= 4 is 5.69 Å². The average Bonchev–Trinajstić information content (AvgIpc) is 2.35. The SMILES string of the molecule is CCNC1CCN(c2cc(C)ccc2C)CC1C. The van der Waals surface area contributed by atoms with Gasteiger partial charge in [-0.15, -0.1) is 0 Å². The third-order valence-corrected chi connectivity index (χ3v) is 4.08. The van der Waals surface area contributed by atoms with Crippen molar-refractivity contribution in [2.24, 2.45) is 5.92 Å². The van der Waals surface area contributed by atoms with Gasteiger partial charge in [-0.25, -0.2) is 0 Å². The van der Waals surface area contributed by atoms with Gasteiger partial charge in [0.05, 0.1) is 0 Å². The van der Waals surface area contributed by atoms with Gasteiger partial charge in [-0.3, -0.25) is 0 Å². The second-order valence-electron chi connectivity index (χ2n) is 5.67. The van der Waals surface area contributed by atoms with Crippen LogP contribution in [-0.4, -0.2) is 25.7 Å². The maximum atomic E-state index is 3.61. The first kappa shape index (κ1) is 13.4. The van der Waals surface area contributed by atoms with Crippen molar-refractivity contribution < 1.29 is 0 Å². The third-order valence-electron chi connectivity index (χ3n) is 4.08. The summed E-state index contributed by atoms with van der Waals surface area (Å²) in [6, 6.07) is 7.46. The summed E-state index contributed by atoms with van der Waals surface area (Å²) in [5.41, 5.74) is 4.18. The van der Waals surface area contributed by atoms with Crippen LogP contribution in [0.5, 0.6) is 0 Å². The molecule has 1 aliphatic heterocycles. The summed E-state index contributed by atoms with van der Waals surface area (Å²) in [6.45, 7) is 12.4. The molecule has 0 aromatic heterocycles. The Morgan fingerprint density at radius 2 is 2.11 bits per heavy atom. The Hall–Kier alpha value is -1.02. The Morgan fingerprint density at radius 3 is 2.78 bits per heavy atom. The van der Waals surface area contributed by atoms with Crippen molar-refractivity contribution in [1.29, 1.82) is 0 Å². The first-order chi connectivity index (χ1) is 8.61. The van der Waals surface area contributed by atoms with Crippen molar-refractivity contribution in [2.45, 2.75) is 40.2 Å². The molecule has 0 saturated carbocycles. The van der Waals surface area contributed by atoms with Crippen LogP contribution in [0.15, 0.2) is 18.2 Å². The fourth-order valence-corrected chi connectivity index (χ4v) is 2.99. The van der Waals surface area contributed by atoms with Crippen LogP contribution in [0, 0.1) is 19.8 Å². The fraction of sp³-hybridized carbons (Fsp3) is 0.625. The highest BCUT2D eigenvalue weighted by molar-refractivity contribution is 5.55. The molecule has 0 aliphatic carbocycles. The summed E-state index contributed by atoms with van der Waals surface area (Å²) in [5.74, 6) is 0.721. The Morgan fingerprint density at radius 1 is 1.33 bits per heavy atom. The van der Waals surface area contributed by atoms with E-state index in [0.29, 0.717) is 6.04 Å². The number of hydrogen-bond donors (Lipinski definition) is 1. The lowest BCUT2D eigenvalue weighted by Gasteiger charge is -2.39. The largest absolute Gasteiger partial charge is 0.371 e. The van der Waals surface area contributed by atoms with Gasteiger partial charge in [0.1, 0.15) is 0 Å². The number of nitrogens with zero attached hydrogens (tertiary/aromatic N) is 1. The highest BCUT2D eigenvalue weighted by atomic mass is 15.2. The Bertz CT molecular complexity index is 400. The van der Waals surface area contributed by atoms with E-state index < -0.39 is 0 Å². The van der Waals surface area contributed by atoms with E-state index in [-0.39, 0.29) is 0 Å². The summed E-state index contributed by atoms with van der Waals surface area (Å²) < 4.78 is 0. The molecule has 1 fully saturated rings. The zero-order chi connectivity index (χ0) is 13.1. The maximum Gasteiger partial charge on any atom is 0.0398 e. The third kappa shape index (κ3) is 2.86. The Labute approximate surface area is 111 Å². The van der Waals surface area contributed by atoms with Crippen LogP contribution < -0.4 is 10.2 Å². The van der Waals surface area contributed by atoms with Crippen molar-refractivity contribution in [1.82, 2.24) is 5.32 Å². The van der Waals surface area contributed by atoms with Crippen LogP contribution in [0.3, 0.4) is 0 Å². The van der Waals surface area contributed by atoms with Crippen LogP contribution in [-0.2, 0) is 0 Å². The molecule has 0 amide bonds. The number of benzene rings is 1. The van der Waals surface area contributed by atoms with Gasteiger partial charge in [0.15, 0.2) is 0 Å². The number of hydrogen-bond acceptors (Lipinski definition) is 2. The molecule has 0 spiro atoms. The molecule has 1 heterocycles. The standard InChI is InChI=1S/C16H26N2/c1-5-17-15-8-9-18(11-14(15)4)16-10-12(2)6-7-13(16)3/h6-7,10,14-15,17H,5,8-9,11H2,1-4H3. The first-order valence-corrected chi connectivity index (χ1v) is 7.17. The second kappa shape index (κ2) is 5.75. The summed E-state index contributed by atoms with van der Waals surface area (Å²) in [4.78, 5) is 2.56. The fourth-order valence-electron chi connectivity index (χ4n) is 2.99. The van der Waals surface area contributed by atoms with Gasteiger partial charge in [-0.1, -0.05) is 26.0 Å². The summed E-state index contributed by atoms with van der Waals surface area (Å²) >= 11 is 0. The maximum absolute atomic E-state index is 3.61. The molecule has 0 bridgehead atoms. The number of anilines is 1. The van der Waals surface area contributed by atoms with Gasteiger partial charge in [-0.05, 0) is 49.9 Å². The van der Waals surface area contributed by atoms with E-state index in [4.69, 9.17) is 0 Å². The number of piperidine rings is 1. The molecule has 2 unspecified atom stereocenters. The van der Waals surface area contributed by atoms with E-state index in [0.717, 1.165) is 12.5 Å². The van der Waals surface area contributed by atoms with Crippen LogP contribution in [0.1, 0.15) is 31.4 Å². The predicted octanol–water partition coefficient (Wildman–Crippen LogP) is 3.13. The van der Waals surface area contributed by atoms with E-state index in [1.54, 1.807) is 0 Å². The highest BCUT2D eigenvalue weighted by Gasteiger charge is 2.25. The second-order valence-corrected chi connectivity index (χ2v) is 5.67. The lowest BCUT2D eigenvalue weighted by Crippen LogP contribution is -2.48. The van der Waals surface area contributed by atoms with Crippen molar-refractivity contribution in [3.63, 3.8) is 0 Å². The van der Waals surface area contributed by atoms with E-state index in [9.17, 15) is 0 Å². The highest BCUT2D eigenvalue weighted by Crippen LogP contribution is 2.27. The molecule has 1 aromatic rings. The van der Waals surface area contributed by atoms with Crippen LogP contribution >= 0.6 is 0 Å². The molecule has 1 aliphatic rings. The van der Waals surface area contributed by atoms with Crippen LogP contribution in [0.4, 0.5) is 5.69 Å². The molecular formula is C16H26N2. The van der Waals surface area contributed by atoms with Crippen LogP contribution in [0.25, 0.3) is 0 Å². The quantitative estimate of drug-likeness (QED) is 0.881. The minimum Gasteiger partial charge on any atom is -0.371 e. The Kier molecular flexibility index (Phi) is 4.28. The number of rotatable bonds is 3. The molecule has 1 aromatic carbocycles. The van der Waals surface area contributed by atoms with E-state index in [1.165, 1.54) is 36.3 Å². The zero-order valence-electron chi connectivity index (χ0n) is 12.2. The van der Waals surface area contributed by atoms with Crippen molar-refractivity contribution in [3.05, 3.63) is 29.3 Å². The topological polar surface area (TPSA) is 15.3 Å². The van der Waals surface area contributed by atoms with Gasteiger partial charge >= 0.3 is 0 Å². The molecule has 2 rings (SSSR count). The molecule has 2 heteroatoms. The predicted molar refractivity (Wildman–Crippen MR) is 79.4 cm³/mol. The first-order valence-electron chi connectivity index (χ1n) is 7.17. The molecule has 1 N–H and O–H groups in total. The van der Waals surface area contributed by atoms with Crippen molar-refractivity contribution in [3.8, 4) is 0 Å². The van der Waals surface area contributed by atoms with Gasteiger partial charge < -0.3 is 10.2 Å². The van der Waals surface area contributed by atoms with Gasteiger partial charge in [0, 0.05) is 24.8 Å². The normalized spacial score (nSPS) is 24.3. The van der Waals surface area contributed by atoms with Crippen LogP contribution in [0.2, 0.25) is 0 Å². The lowest BCUT2D eigenvalue weighted by atomic mass is 9.93. The monoisotopic (exact) mass is 246 g/mol. The molecule has 0 radical (unpaired) electrons. The van der Waals surface area contributed by atoms with E-state index in [1.807, 2.05) is 0 Å². The summed E-state index contributed by atoms with van der Waals surface area (Å²) in [6.07, 6.45) is 1.25. The zero-order valence-corrected chi connectivity index (χ0v) is 12.2. The van der Waals surface area contributed by atoms with Gasteiger partial charge in [-0.2, -0.15) is 0 Å². The molecule has 1 saturated heterocycles. The molecule has 18 heavy (non-hydrogen) atoms. The summed E-state index contributed by atoms with van der Waals surface area (Å²) in [7, 11) is 0. The van der Waals surface area contributed by atoms with Gasteiger partial charge in [0.25, 0.3) is 0 Å².